The maximum Gasteiger partial charge on any atom is 0.422 e. The summed E-state index contributed by atoms with van der Waals surface area (Å²) >= 11 is 0. The van der Waals surface area contributed by atoms with Crippen molar-refractivity contribution >= 4 is 6.09 Å². The molecule has 0 aromatic heterocycles. The Labute approximate surface area is 122 Å². The number of rotatable bonds is 2. The van der Waals surface area contributed by atoms with Crippen LogP contribution in [0.25, 0.3) is 0 Å². The van der Waals surface area contributed by atoms with Crippen LogP contribution >= 0.6 is 0 Å². The van der Waals surface area contributed by atoms with Crippen molar-refractivity contribution in [3.8, 4) is 6.07 Å². The fourth-order valence-corrected chi connectivity index (χ4v) is 2.70. The smallest absolute Gasteiger partial charge is 0.422 e. The van der Waals surface area contributed by atoms with Crippen LogP contribution in [0.5, 0.6) is 0 Å². The number of nitrogens with zero attached hydrogens (tertiary/aromatic N) is 2. The molecule has 1 fully saturated rings. The number of carbonyl (C=O) groups excluding carboxylic acids is 1. The SMILES string of the molecule is CC(C)(C)C1(CC#N)CCN(C(=O)OCC(F)(F)F)CC1. The van der Waals surface area contributed by atoms with E-state index in [1.54, 1.807) is 0 Å². The number of likely N-dealkylation sites (tertiary alicyclic amines) is 1. The van der Waals surface area contributed by atoms with Crippen LogP contribution in [0, 0.1) is 22.2 Å². The first-order chi connectivity index (χ1) is 9.51. The van der Waals surface area contributed by atoms with E-state index in [9.17, 15) is 18.0 Å². The number of nitriles is 1. The molecule has 0 aromatic rings. The number of hydrogen-bond donors (Lipinski definition) is 0. The summed E-state index contributed by atoms with van der Waals surface area (Å²) in [6, 6.07) is 2.19. The van der Waals surface area contributed by atoms with Gasteiger partial charge in [-0.25, -0.2) is 4.79 Å². The van der Waals surface area contributed by atoms with Crippen molar-refractivity contribution < 1.29 is 22.7 Å². The Bertz CT molecular complexity index is 413. The monoisotopic (exact) mass is 306 g/mol. The number of hydrogen-bond acceptors (Lipinski definition) is 3. The van der Waals surface area contributed by atoms with Crippen LogP contribution in [-0.2, 0) is 4.74 Å². The number of halogens is 3. The predicted octanol–water partition coefficient (Wildman–Crippen LogP) is 3.73. The summed E-state index contributed by atoms with van der Waals surface area (Å²) in [6.45, 7) is 5.20. The maximum absolute atomic E-state index is 12.0. The average molecular weight is 306 g/mol. The second kappa shape index (κ2) is 6.12. The third kappa shape index (κ3) is 4.51. The first-order valence-corrected chi connectivity index (χ1v) is 6.86. The lowest BCUT2D eigenvalue weighted by atomic mass is 9.60. The molecule has 1 saturated heterocycles. The number of piperidine rings is 1. The van der Waals surface area contributed by atoms with E-state index in [0.717, 1.165) is 0 Å². The second-order valence-corrected chi connectivity index (χ2v) is 6.52. The zero-order chi connectivity index (χ0) is 16.3. The van der Waals surface area contributed by atoms with Gasteiger partial charge in [-0.15, -0.1) is 0 Å². The minimum atomic E-state index is -4.51. The first-order valence-electron chi connectivity index (χ1n) is 6.86. The molecule has 1 amide bonds. The fraction of sp³-hybridized carbons (Fsp3) is 0.857. The van der Waals surface area contributed by atoms with E-state index in [-0.39, 0.29) is 10.8 Å². The number of amides is 1. The normalized spacial score (nSPS) is 19.0. The first kappa shape index (κ1) is 17.6. The quantitative estimate of drug-likeness (QED) is 0.781. The molecule has 120 valence electrons. The van der Waals surface area contributed by atoms with Crippen molar-refractivity contribution in [3.05, 3.63) is 0 Å². The highest BCUT2D eigenvalue weighted by molar-refractivity contribution is 5.67. The molecule has 1 aliphatic rings. The molecule has 0 spiro atoms. The Morgan fingerprint density at radius 3 is 2.19 bits per heavy atom. The highest BCUT2D eigenvalue weighted by atomic mass is 19.4. The minimum absolute atomic E-state index is 0.106. The van der Waals surface area contributed by atoms with Crippen LogP contribution in [0.4, 0.5) is 18.0 Å². The maximum atomic E-state index is 12.0. The van der Waals surface area contributed by atoms with Crippen molar-refractivity contribution in [1.29, 1.82) is 5.26 Å². The van der Waals surface area contributed by atoms with Crippen molar-refractivity contribution in [1.82, 2.24) is 4.90 Å². The summed E-state index contributed by atoms with van der Waals surface area (Å²) in [5, 5.41) is 9.02. The molecular weight excluding hydrogens is 285 g/mol. The number of alkyl halides is 3. The molecule has 21 heavy (non-hydrogen) atoms. The molecule has 1 rings (SSSR count). The summed E-state index contributed by atoms with van der Waals surface area (Å²) in [5.41, 5.74) is -0.326. The lowest BCUT2D eigenvalue weighted by Crippen LogP contribution is -2.48. The van der Waals surface area contributed by atoms with Crippen molar-refractivity contribution in [2.75, 3.05) is 19.7 Å². The topological polar surface area (TPSA) is 53.3 Å². The standard InChI is InChI=1S/C14H21F3N2O2/c1-12(2,3)13(4-7-18)5-8-19(9-6-13)11(20)21-10-14(15,16)17/h4-6,8-10H2,1-3H3. The van der Waals surface area contributed by atoms with E-state index >= 15 is 0 Å². The van der Waals surface area contributed by atoms with Gasteiger partial charge in [0.05, 0.1) is 6.07 Å². The van der Waals surface area contributed by atoms with Gasteiger partial charge in [-0.1, -0.05) is 20.8 Å². The molecular formula is C14H21F3N2O2. The van der Waals surface area contributed by atoms with E-state index in [4.69, 9.17) is 5.26 Å². The molecule has 0 aromatic carbocycles. The van der Waals surface area contributed by atoms with E-state index < -0.39 is 18.9 Å². The molecule has 7 heteroatoms. The molecule has 0 aliphatic carbocycles. The molecule has 4 nitrogen and oxygen atoms in total. The van der Waals surface area contributed by atoms with Crippen LogP contribution in [-0.4, -0.2) is 36.9 Å². The van der Waals surface area contributed by atoms with E-state index in [0.29, 0.717) is 32.4 Å². The van der Waals surface area contributed by atoms with Gasteiger partial charge in [-0.3, -0.25) is 0 Å². The Morgan fingerprint density at radius 2 is 1.81 bits per heavy atom. The molecule has 0 atom stereocenters. The van der Waals surface area contributed by atoms with Gasteiger partial charge in [0.2, 0.25) is 0 Å². The number of ether oxygens (including phenoxy) is 1. The van der Waals surface area contributed by atoms with Gasteiger partial charge in [0.1, 0.15) is 0 Å². The summed E-state index contributed by atoms with van der Waals surface area (Å²) in [6.07, 6.45) is -3.90. The summed E-state index contributed by atoms with van der Waals surface area (Å²) in [4.78, 5) is 12.9. The van der Waals surface area contributed by atoms with Crippen molar-refractivity contribution in [2.24, 2.45) is 10.8 Å². The van der Waals surface area contributed by atoms with Crippen molar-refractivity contribution in [2.45, 2.75) is 46.2 Å². The van der Waals surface area contributed by atoms with Gasteiger partial charge in [0.25, 0.3) is 0 Å². The lowest BCUT2D eigenvalue weighted by Gasteiger charge is -2.48. The molecule has 0 bridgehead atoms. The zero-order valence-electron chi connectivity index (χ0n) is 12.6. The lowest BCUT2D eigenvalue weighted by molar-refractivity contribution is -0.163. The molecule has 1 heterocycles. The molecule has 0 radical (unpaired) electrons. The predicted molar refractivity (Wildman–Crippen MR) is 70.3 cm³/mol. The molecule has 0 saturated carbocycles. The highest BCUT2D eigenvalue weighted by Crippen LogP contribution is 2.49. The Kier molecular flexibility index (Phi) is 5.13. The van der Waals surface area contributed by atoms with Crippen LogP contribution in [0.2, 0.25) is 0 Å². The third-order valence-electron chi connectivity index (χ3n) is 4.35. The van der Waals surface area contributed by atoms with E-state index in [2.05, 4.69) is 10.8 Å². The summed E-state index contributed by atoms with van der Waals surface area (Å²) < 4.78 is 40.4. The Balaban J connectivity index is 2.62. The van der Waals surface area contributed by atoms with Gasteiger partial charge in [-0.2, -0.15) is 18.4 Å². The largest absolute Gasteiger partial charge is 0.440 e. The molecule has 0 N–H and O–H groups in total. The van der Waals surface area contributed by atoms with Crippen LogP contribution < -0.4 is 0 Å². The van der Waals surface area contributed by atoms with Gasteiger partial charge in [-0.05, 0) is 23.7 Å². The number of carbonyl (C=O) groups is 1. The summed E-state index contributed by atoms with van der Waals surface area (Å²) in [7, 11) is 0. The molecule has 0 unspecified atom stereocenters. The Morgan fingerprint density at radius 1 is 1.29 bits per heavy atom. The second-order valence-electron chi connectivity index (χ2n) is 6.52. The van der Waals surface area contributed by atoms with E-state index in [1.165, 1.54) is 4.90 Å². The van der Waals surface area contributed by atoms with Gasteiger partial charge >= 0.3 is 12.3 Å². The van der Waals surface area contributed by atoms with E-state index in [1.807, 2.05) is 20.8 Å². The average Bonchev–Trinajstić information content (AvgIpc) is 2.35. The Hall–Kier alpha value is -1.45. The zero-order valence-corrected chi connectivity index (χ0v) is 12.6. The third-order valence-corrected chi connectivity index (χ3v) is 4.35. The highest BCUT2D eigenvalue weighted by Gasteiger charge is 2.45. The summed E-state index contributed by atoms with van der Waals surface area (Å²) in [5.74, 6) is 0. The van der Waals surface area contributed by atoms with Crippen LogP contribution in [0.15, 0.2) is 0 Å². The van der Waals surface area contributed by atoms with Crippen LogP contribution in [0.1, 0.15) is 40.0 Å². The fourth-order valence-electron chi connectivity index (χ4n) is 2.70. The van der Waals surface area contributed by atoms with Gasteiger partial charge < -0.3 is 9.64 Å². The van der Waals surface area contributed by atoms with Crippen molar-refractivity contribution in [3.63, 3.8) is 0 Å². The van der Waals surface area contributed by atoms with Crippen LogP contribution in [0.3, 0.4) is 0 Å². The molecule has 1 aliphatic heterocycles. The van der Waals surface area contributed by atoms with Gasteiger partial charge in [0, 0.05) is 19.5 Å². The minimum Gasteiger partial charge on any atom is -0.440 e. The van der Waals surface area contributed by atoms with Gasteiger partial charge in [0.15, 0.2) is 6.61 Å².